The van der Waals surface area contributed by atoms with Crippen LogP contribution in [0.2, 0.25) is 0 Å². The molecule has 2 aliphatic carbocycles. The van der Waals surface area contributed by atoms with Gasteiger partial charge in [0.25, 0.3) is 0 Å². The Bertz CT molecular complexity index is 460. The Balaban J connectivity index is 1.78. The molecule has 0 radical (unpaired) electrons. The van der Waals surface area contributed by atoms with Crippen molar-refractivity contribution in [2.24, 2.45) is 11.8 Å². The van der Waals surface area contributed by atoms with Crippen LogP contribution in [0.15, 0.2) is 6.07 Å². The molecule has 1 aromatic rings. The van der Waals surface area contributed by atoms with Crippen LogP contribution in [-0.4, -0.2) is 18.9 Å². The van der Waals surface area contributed by atoms with E-state index in [1.165, 1.54) is 17.8 Å². The number of Topliss-reactive ketones (excluding diaryl/α,β-unsaturated/α-hetero) is 1. The third kappa shape index (κ3) is 2.39. The Labute approximate surface area is 112 Å². The zero-order chi connectivity index (χ0) is 12.7. The molecule has 0 atom stereocenters. The smallest absolute Gasteiger partial charge is 0.178 e. The van der Waals surface area contributed by atoms with Crippen LogP contribution < -0.4 is 10.6 Å². The summed E-state index contributed by atoms with van der Waals surface area (Å²) in [7, 11) is 0. The van der Waals surface area contributed by atoms with E-state index in [1.807, 2.05) is 6.07 Å². The number of nitrogens with two attached hydrogens (primary N) is 1. The van der Waals surface area contributed by atoms with Gasteiger partial charge in [-0.1, -0.05) is 0 Å². The minimum absolute atomic E-state index is 0.261. The second-order valence-electron chi connectivity index (χ2n) is 5.49. The Hall–Kier alpha value is -1.03. The van der Waals surface area contributed by atoms with E-state index in [1.54, 1.807) is 11.3 Å². The highest BCUT2D eigenvalue weighted by Crippen LogP contribution is 2.40. The van der Waals surface area contributed by atoms with E-state index in [4.69, 9.17) is 5.73 Å². The molecule has 1 aromatic heterocycles. The highest BCUT2D eigenvalue weighted by Gasteiger charge is 2.33. The van der Waals surface area contributed by atoms with Crippen molar-refractivity contribution >= 4 is 27.8 Å². The van der Waals surface area contributed by atoms with Crippen LogP contribution in [0, 0.1) is 11.8 Å². The maximum Gasteiger partial charge on any atom is 0.178 e. The zero-order valence-electron chi connectivity index (χ0n) is 10.8. The van der Waals surface area contributed by atoms with Crippen molar-refractivity contribution in [3.63, 3.8) is 0 Å². The largest absolute Gasteiger partial charge is 0.397 e. The summed E-state index contributed by atoms with van der Waals surface area (Å²) in [5, 5.41) is 1.17. The van der Waals surface area contributed by atoms with Crippen molar-refractivity contribution in [1.29, 1.82) is 0 Å². The van der Waals surface area contributed by atoms with E-state index in [2.05, 4.69) is 11.8 Å². The Morgan fingerprint density at radius 3 is 2.72 bits per heavy atom. The third-order valence-electron chi connectivity index (χ3n) is 3.79. The van der Waals surface area contributed by atoms with Gasteiger partial charge in [-0.05, 0) is 44.6 Å². The van der Waals surface area contributed by atoms with Gasteiger partial charge in [-0.15, -0.1) is 11.3 Å². The van der Waals surface area contributed by atoms with Gasteiger partial charge in [0, 0.05) is 19.0 Å². The number of ketones is 1. The van der Waals surface area contributed by atoms with Crippen LogP contribution in [0.4, 0.5) is 10.7 Å². The third-order valence-corrected chi connectivity index (χ3v) is 5.01. The fourth-order valence-corrected chi connectivity index (χ4v) is 3.43. The fraction of sp³-hybridized carbons (Fsp3) is 0.643. The summed E-state index contributed by atoms with van der Waals surface area (Å²) in [6.07, 6.45) is 4.80. The normalized spacial score (nSPS) is 18.9. The van der Waals surface area contributed by atoms with Crippen LogP contribution in [0.1, 0.15) is 42.3 Å². The Morgan fingerprint density at radius 1 is 1.44 bits per heavy atom. The van der Waals surface area contributed by atoms with Crippen molar-refractivity contribution < 1.29 is 4.79 Å². The van der Waals surface area contributed by atoms with E-state index < -0.39 is 0 Å². The monoisotopic (exact) mass is 264 g/mol. The van der Waals surface area contributed by atoms with Crippen LogP contribution in [0.25, 0.3) is 0 Å². The molecular formula is C14H20N2OS. The average Bonchev–Trinajstić information content (AvgIpc) is 3.24. The van der Waals surface area contributed by atoms with Crippen molar-refractivity contribution in [3.05, 3.63) is 10.9 Å². The number of nitrogens with zero attached hydrogens (tertiary/aromatic N) is 1. The van der Waals surface area contributed by atoms with Gasteiger partial charge in [0.05, 0.1) is 15.6 Å². The second kappa shape index (κ2) is 4.57. The molecule has 2 saturated carbocycles. The van der Waals surface area contributed by atoms with Crippen molar-refractivity contribution in [2.75, 3.05) is 23.7 Å². The lowest BCUT2D eigenvalue weighted by molar-refractivity contribution is 0.0972. The summed E-state index contributed by atoms with van der Waals surface area (Å²) in [4.78, 5) is 15.3. The molecule has 0 aliphatic heterocycles. The number of anilines is 2. The first-order valence-electron chi connectivity index (χ1n) is 6.87. The highest BCUT2D eigenvalue weighted by atomic mass is 32.1. The topological polar surface area (TPSA) is 46.3 Å². The Kier molecular flexibility index (Phi) is 3.06. The van der Waals surface area contributed by atoms with Gasteiger partial charge in [0.1, 0.15) is 0 Å². The van der Waals surface area contributed by atoms with Crippen molar-refractivity contribution in [2.45, 2.75) is 32.6 Å². The molecule has 0 bridgehead atoms. The van der Waals surface area contributed by atoms with Gasteiger partial charge < -0.3 is 10.6 Å². The SMILES string of the molecule is CCN(CC1CC1)c1cc(N)c(C(=O)C2CC2)s1. The first kappa shape index (κ1) is 12.0. The van der Waals surface area contributed by atoms with E-state index in [-0.39, 0.29) is 11.7 Å². The summed E-state index contributed by atoms with van der Waals surface area (Å²) in [6.45, 7) is 4.28. The number of carbonyl (C=O) groups is 1. The Morgan fingerprint density at radius 2 is 2.17 bits per heavy atom. The van der Waals surface area contributed by atoms with Gasteiger partial charge >= 0.3 is 0 Å². The van der Waals surface area contributed by atoms with Crippen LogP contribution in [0.3, 0.4) is 0 Å². The minimum atomic E-state index is 0.261. The maximum absolute atomic E-state index is 12.1. The minimum Gasteiger partial charge on any atom is -0.397 e. The van der Waals surface area contributed by atoms with Crippen LogP contribution in [0.5, 0.6) is 0 Å². The number of thiophene rings is 1. The molecule has 1 heterocycles. The number of carbonyl (C=O) groups excluding carboxylic acids is 1. The average molecular weight is 264 g/mol. The van der Waals surface area contributed by atoms with Gasteiger partial charge in [0.2, 0.25) is 0 Å². The summed E-state index contributed by atoms with van der Waals surface area (Å²) in [5.41, 5.74) is 6.69. The van der Waals surface area contributed by atoms with Crippen molar-refractivity contribution in [1.82, 2.24) is 0 Å². The summed E-state index contributed by atoms with van der Waals surface area (Å²) in [5.74, 6) is 1.39. The lowest BCUT2D eigenvalue weighted by atomic mass is 10.2. The molecule has 2 fully saturated rings. The van der Waals surface area contributed by atoms with Gasteiger partial charge in [0.15, 0.2) is 5.78 Å². The molecule has 3 nitrogen and oxygen atoms in total. The van der Waals surface area contributed by atoms with Gasteiger partial charge in [-0.25, -0.2) is 0 Å². The van der Waals surface area contributed by atoms with Crippen molar-refractivity contribution in [3.8, 4) is 0 Å². The first-order valence-corrected chi connectivity index (χ1v) is 7.69. The molecule has 4 heteroatoms. The lowest BCUT2D eigenvalue weighted by Gasteiger charge is -2.20. The molecule has 0 amide bonds. The maximum atomic E-state index is 12.1. The fourth-order valence-electron chi connectivity index (χ4n) is 2.26. The number of hydrogen-bond donors (Lipinski definition) is 1. The van der Waals surface area contributed by atoms with E-state index in [9.17, 15) is 4.79 Å². The van der Waals surface area contributed by atoms with Crippen LogP contribution in [-0.2, 0) is 0 Å². The number of hydrogen-bond acceptors (Lipinski definition) is 4. The standard InChI is InChI=1S/C14H20N2OS/c1-2-16(8-9-3-4-9)12-7-11(15)14(18-12)13(17)10-5-6-10/h7,9-10H,2-6,8,15H2,1H3. The van der Waals surface area contributed by atoms with Crippen LogP contribution >= 0.6 is 11.3 Å². The first-order chi connectivity index (χ1) is 8.69. The molecular weight excluding hydrogens is 244 g/mol. The molecule has 3 rings (SSSR count). The number of nitrogen functional groups attached to an aromatic ring is 1. The van der Waals surface area contributed by atoms with E-state index in [0.717, 1.165) is 36.7 Å². The molecule has 0 aromatic carbocycles. The quantitative estimate of drug-likeness (QED) is 0.803. The zero-order valence-corrected chi connectivity index (χ0v) is 11.6. The highest BCUT2D eigenvalue weighted by molar-refractivity contribution is 7.18. The van der Waals surface area contributed by atoms with Gasteiger partial charge in [-0.2, -0.15) is 0 Å². The van der Waals surface area contributed by atoms with Gasteiger partial charge in [-0.3, -0.25) is 4.79 Å². The van der Waals surface area contributed by atoms with E-state index in [0.29, 0.717) is 5.69 Å². The second-order valence-corrected chi connectivity index (χ2v) is 6.52. The predicted octanol–water partition coefficient (Wildman–Crippen LogP) is 3.16. The molecule has 18 heavy (non-hydrogen) atoms. The summed E-state index contributed by atoms with van der Waals surface area (Å²) < 4.78 is 0. The molecule has 0 spiro atoms. The molecule has 2 aliphatic rings. The lowest BCUT2D eigenvalue weighted by Crippen LogP contribution is -2.24. The number of rotatable bonds is 6. The van der Waals surface area contributed by atoms with E-state index >= 15 is 0 Å². The predicted molar refractivity (Wildman–Crippen MR) is 76.4 cm³/mol. The summed E-state index contributed by atoms with van der Waals surface area (Å²) >= 11 is 1.59. The molecule has 98 valence electrons. The molecule has 0 saturated heterocycles. The molecule has 0 unspecified atom stereocenters. The summed E-state index contributed by atoms with van der Waals surface area (Å²) in [6, 6.07) is 1.99. The molecule has 2 N–H and O–H groups in total.